The Morgan fingerprint density at radius 1 is 1.27 bits per heavy atom. The smallest absolute Gasteiger partial charge is 0.182 e. The number of nitrogens with zero attached hydrogens (tertiary/aromatic N) is 1. The molecular weight excluding hydrogens is 188 g/mol. The molecule has 1 N–H and O–H groups in total. The van der Waals surface area contributed by atoms with Crippen molar-refractivity contribution >= 4 is 17.6 Å². The molecule has 3 nitrogen and oxygen atoms in total. The summed E-state index contributed by atoms with van der Waals surface area (Å²) in [6.45, 7) is 1.89. The second-order valence-corrected chi connectivity index (χ2v) is 3.48. The van der Waals surface area contributed by atoms with Crippen LogP contribution in [0.1, 0.15) is 12.5 Å². The lowest BCUT2D eigenvalue weighted by atomic mass is 9.92. The first-order valence-electron chi connectivity index (χ1n) is 4.87. The fraction of sp³-hybridized carbons (Fsp3) is 0.167. The third-order valence-electron chi connectivity index (χ3n) is 2.49. The lowest BCUT2D eigenvalue weighted by Gasteiger charge is -2.11. The summed E-state index contributed by atoms with van der Waals surface area (Å²) in [6, 6.07) is 9.85. The van der Waals surface area contributed by atoms with E-state index in [9.17, 15) is 4.79 Å². The predicted octanol–water partition coefficient (Wildman–Crippen LogP) is 1.82. The molecule has 0 aliphatic carbocycles. The van der Waals surface area contributed by atoms with Crippen LogP contribution in [0.2, 0.25) is 0 Å². The third kappa shape index (κ3) is 1.96. The number of hydrogen-bond acceptors (Lipinski definition) is 3. The van der Waals surface area contributed by atoms with Gasteiger partial charge in [-0.1, -0.05) is 37.3 Å². The van der Waals surface area contributed by atoms with Gasteiger partial charge in [-0.05, 0) is 11.1 Å². The Morgan fingerprint density at radius 2 is 2.00 bits per heavy atom. The van der Waals surface area contributed by atoms with Crippen molar-refractivity contribution in [3.8, 4) is 0 Å². The second kappa shape index (κ2) is 4.09. The zero-order valence-corrected chi connectivity index (χ0v) is 8.47. The van der Waals surface area contributed by atoms with Crippen molar-refractivity contribution in [3.63, 3.8) is 0 Å². The number of ketones is 1. The van der Waals surface area contributed by atoms with Gasteiger partial charge < -0.3 is 0 Å². The summed E-state index contributed by atoms with van der Waals surface area (Å²) >= 11 is 0. The minimum absolute atomic E-state index is 0.0232. The van der Waals surface area contributed by atoms with Gasteiger partial charge in [0.25, 0.3) is 0 Å². The maximum absolute atomic E-state index is 11.6. The molecule has 1 aromatic carbocycles. The SMILES string of the molecule is CC1C(=O)C=NNC=C1c1ccccc1. The van der Waals surface area contributed by atoms with Gasteiger partial charge >= 0.3 is 0 Å². The lowest BCUT2D eigenvalue weighted by Crippen LogP contribution is -2.12. The minimum atomic E-state index is -0.147. The average Bonchev–Trinajstić information content (AvgIpc) is 2.44. The molecule has 0 spiro atoms. The zero-order chi connectivity index (χ0) is 10.7. The number of allylic oxidation sites excluding steroid dienone is 1. The first-order valence-corrected chi connectivity index (χ1v) is 4.87. The number of carbonyl (C=O) groups is 1. The highest BCUT2D eigenvalue weighted by molar-refractivity contribution is 6.31. The quantitative estimate of drug-likeness (QED) is 0.751. The Kier molecular flexibility index (Phi) is 2.63. The van der Waals surface area contributed by atoms with Gasteiger partial charge in [-0.3, -0.25) is 10.2 Å². The Hall–Kier alpha value is -1.90. The van der Waals surface area contributed by atoms with Crippen molar-refractivity contribution in [2.45, 2.75) is 6.92 Å². The van der Waals surface area contributed by atoms with E-state index in [4.69, 9.17) is 0 Å². The van der Waals surface area contributed by atoms with Crippen molar-refractivity contribution in [2.75, 3.05) is 0 Å². The largest absolute Gasteiger partial charge is 0.292 e. The lowest BCUT2D eigenvalue weighted by molar-refractivity contribution is -0.114. The van der Waals surface area contributed by atoms with Gasteiger partial charge in [0, 0.05) is 12.1 Å². The van der Waals surface area contributed by atoms with Crippen LogP contribution in [0.4, 0.5) is 0 Å². The highest BCUT2D eigenvalue weighted by atomic mass is 16.1. The van der Waals surface area contributed by atoms with Crippen molar-refractivity contribution in [1.29, 1.82) is 0 Å². The minimum Gasteiger partial charge on any atom is -0.292 e. The van der Waals surface area contributed by atoms with E-state index < -0.39 is 0 Å². The number of nitrogens with one attached hydrogen (secondary N) is 1. The summed E-state index contributed by atoms with van der Waals surface area (Å²) in [5.41, 5.74) is 4.77. The van der Waals surface area contributed by atoms with Crippen LogP contribution in [-0.4, -0.2) is 12.0 Å². The Morgan fingerprint density at radius 3 is 2.73 bits per heavy atom. The summed E-state index contributed by atoms with van der Waals surface area (Å²) < 4.78 is 0. The van der Waals surface area contributed by atoms with Crippen molar-refractivity contribution in [1.82, 2.24) is 5.43 Å². The number of hydrogen-bond donors (Lipinski definition) is 1. The van der Waals surface area contributed by atoms with Crippen LogP contribution < -0.4 is 5.43 Å². The molecule has 1 aliphatic heterocycles. The molecule has 0 aromatic heterocycles. The third-order valence-corrected chi connectivity index (χ3v) is 2.49. The van der Waals surface area contributed by atoms with E-state index in [0.717, 1.165) is 11.1 Å². The fourth-order valence-electron chi connectivity index (χ4n) is 1.56. The van der Waals surface area contributed by atoms with Crippen LogP contribution in [0, 0.1) is 5.92 Å². The van der Waals surface area contributed by atoms with Gasteiger partial charge in [0.05, 0.1) is 6.21 Å². The van der Waals surface area contributed by atoms with Crippen molar-refractivity contribution in [3.05, 3.63) is 42.1 Å². The highest BCUT2D eigenvalue weighted by Gasteiger charge is 2.18. The zero-order valence-electron chi connectivity index (χ0n) is 8.47. The van der Waals surface area contributed by atoms with Crippen LogP contribution in [0.3, 0.4) is 0 Å². The van der Waals surface area contributed by atoms with E-state index >= 15 is 0 Å². The number of Topliss-reactive ketones (excluding diaryl/α,β-unsaturated/α-hetero) is 1. The Labute approximate surface area is 88.5 Å². The van der Waals surface area contributed by atoms with Gasteiger partial charge in [0.2, 0.25) is 0 Å². The normalized spacial score (nSPS) is 20.5. The molecule has 1 atom stereocenters. The average molecular weight is 200 g/mol. The molecule has 0 fully saturated rings. The fourth-order valence-corrected chi connectivity index (χ4v) is 1.56. The molecule has 0 saturated carbocycles. The Bertz CT molecular complexity index is 421. The van der Waals surface area contributed by atoms with Crippen LogP contribution in [0.15, 0.2) is 41.6 Å². The molecule has 0 bridgehead atoms. The molecule has 3 heteroatoms. The van der Waals surface area contributed by atoms with E-state index in [2.05, 4.69) is 10.5 Å². The molecule has 1 aliphatic rings. The van der Waals surface area contributed by atoms with Crippen molar-refractivity contribution in [2.24, 2.45) is 11.0 Å². The monoisotopic (exact) mass is 200 g/mol. The predicted molar refractivity (Wildman–Crippen MR) is 60.2 cm³/mol. The van der Waals surface area contributed by atoms with Gasteiger partial charge in [-0.2, -0.15) is 5.10 Å². The number of carbonyl (C=O) groups excluding carboxylic acids is 1. The molecule has 0 amide bonds. The van der Waals surface area contributed by atoms with E-state index in [1.165, 1.54) is 6.21 Å². The molecule has 15 heavy (non-hydrogen) atoms. The van der Waals surface area contributed by atoms with Gasteiger partial charge in [-0.15, -0.1) is 0 Å². The summed E-state index contributed by atoms with van der Waals surface area (Å²) in [5, 5.41) is 3.78. The maximum atomic E-state index is 11.6. The molecule has 1 unspecified atom stereocenters. The second-order valence-electron chi connectivity index (χ2n) is 3.48. The molecule has 0 radical (unpaired) electrons. The summed E-state index contributed by atoms with van der Waals surface area (Å²) in [4.78, 5) is 11.6. The summed E-state index contributed by atoms with van der Waals surface area (Å²) in [5.74, 6) is -0.124. The topological polar surface area (TPSA) is 41.5 Å². The standard InChI is InChI=1S/C12H12N2O/c1-9-11(7-13-14-8-12(9)15)10-5-3-2-4-6-10/h2-9,13H,1H3. The van der Waals surface area contributed by atoms with Gasteiger partial charge in [-0.25, -0.2) is 0 Å². The van der Waals surface area contributed by atoms with Crippen LogP contribution in [-0.2, 0) is 4.79 Å². The van der Waals surface area contributed by atoms with E-state index in [1.54, 1.807) is 6.20 Å². The molecular formula is C12H12N2O. The van der Waals surface area contributed by atoms with Crippen molar-refractivity contribution < 1.29 is 4.79 Å². The molecule has 1 heterocycles. The molecule has 0 saturated heterocycles. The number of rotatable bonds is 1. The van der Waals surface area contributed by atoms with Crippen LogP contribution >= 0.6 is 0 Å². The van der Waals surface area contributed by atoms with E-state index in [1.807, 2.05) is 37.3 Å². The number of hydrazone groups is 1. The maximum Gasteiger partial charge on any atom is 0.182 e. The summed E-state index contributed by atoms with van der Waals surface area (Å²) in [7, 11) is 0. The molecule has 1 aromatic rings. The van der Waals surface area contributed by atoms with Crippen LogP contribution in [0.5, 0.6) is 0 Å². The molecule has 76 valence electrons. The van der Waals surface area contributed by atoms with Gasteiger partial charge in [0.15, 0.2) is 5.78 Å². The molecule has 2 rings (SSSR count). The first-order chi connectivity index (χ1) is 7.29. The van der Waals surface area contributed by atoms with Crippen LogP contribution in [0.25, 0.3) is 5.57 Å². The Balaban J connectivity index is 2.37. The summed E-state index contributed by atoms with van der Waals surface area (Å²) in [6.07, 6.45) is 3.11. The van der Waals surface area contributed by atoms with Gasteiger partial charge in [0.1, 0.15) is 0 Å². The number of benzene rings is 1. The first kappa shape index (κ1) is 9.65. The highest BCUT2D eigenvalue weighted by Crippen LogP contribution is 2.23. The van der Waals surface area contributed by atoms with E-state index in [0.29, 0.717) is 0 Å². The van der Waals surface area contributed by atoms with E-state index in [-0.39, 0.29) is 11.7 Å².